The highest BCUT2D eigenvalue weighted by atomic mass is 32.1. The first-order valence-corrected chi connectivity index (χ1v) is 8.44. The molecule has 1 N–H and O–H groups in total. The highest BCUT2D eigenvalue weighted by Gasteiger charge is 2.38. The van der Waals surface area contributed by atoms with Gasteiger partial charge < -0.3 is 14.4 Å². The second kappa shape index (κ2) is 6.24. The van der Waals surface area contributed by atoms with Gasteiger partial charge in [0.1, 0.15) is 11.8 Å². The maximum absolute atomic E-state index is 12.6. The topological polar surface area (TPSA) is 94.2 Å². The molecule has 3 aromatic heterocycles. The summed E-state index contributed by atoms with van der Waals surface area (Å²) in [6.45, 7) is 0. The Bertz CT molecular complexity index is 904. The van der Waals surface area contributed by atoms with Crippen LogP contribution in [-0.2, 0) is 6.18 Å². The molecule has 1 aliphatic rings. The smallest absolute Gasteiger partial charge is 0.434 e. The Kier molecular flexibility index (Phi) is 4.02. The number of thiazole rings is 1. The number of hydrogen-bond donors (Lipinski definition) is 1. The molecule has 1 saturated carbocycles. The zero-order valence-corrected chi connectivity index (χ0v) is 13.8. The predicted molar refractivity (Wildman–Crippen MR) is 82.7 cm³/mol. The van der Waals surface area contributed by atoms with E-state index in [1.807, 2.05) is 0 Å². The molecule has 0 radical (unpaired) electrons. The molecule has 0 bridgehead atoms. The van der Waals surface area contributed by atoms with Crippen LogP contribution in [0.1, 0.15) is 29.5 Å². The SMILES string of the molecule is Oc1cc(-c2cnc(OC3CC(c4nc(C(F)(F)F)cs4)C3)cn2)on1. The van der Waals surface area contributed by atoms with Crippen LogP contribution >= 0.6 is 11.3 Å². The molecule has 0 saturated heterocycles. The molecule has 3 heterocycles. The van der Waals surface area contributed by atoms with Gasteiger partial charge in [-0.05, 0) is 18.0 Å². The van der Waals surface area contributed by atoms with E-state index in [1.165, 1.54) is 18.5 Å². The van der Waals surface area contributed by atoms with Crippen molar-refractivity contribution >= 4 is 11.3 Å². The Labute approximate surface area is 148 Å². The van der Waals surface area contributed by atoms with E-state index >= 15 is 0 Å². The lowest BCUT2D eigenvalue weighted by Gasteiger charge is -2.33. The van der Waals surface area contributed by atoms with E-state index in [4.69, 9.17) is 14.4 Å². The number of rotatable bonds is 4. The molecule has 136 valence electrons. The first-order valence-electron chi connectivity index (χ1n) is 7.56. The number of hydrogen-bond acceptors (Lipinski definition) is 8. The van der Waals surface area contributed by atoms with E-state index in [2.05, 4.69) is 20.1 Å². The molecule has 4 rings (SSSR count). The summed E-state index contributed by atoms with van der Waals surface area (Å²) >= 11 is 1.02. The van der Waals surface area contributed by atoms with Crippen LogP contribution < -0.4 is 4.74 Å². The van der Waals surface area contributed by atoms with Crippen LogP contribution in [0.5, 0.6) is 11.8 Å². The summed E-state index contributed by atoms with van der Waals surface area (Å²) in [7, 11) is 0. The van der Waals surface area contributed by atoms with Gasteiger partial charge in [-0.25, -0.2) is 15.0 Å². The molecular formula is C15H11F3N4O3S. The quantitative estimate of drug-likeness (QED) is 0.734. The van der Waals surface area contributed by atoms with Gasteiger partial charge in [-0.1, -0.05) is 0 Å². The Hall–Kier alpha value is -2.69. The van der Waals surface area contributed by atoms with Gasteiger partial charge in [0.05, 0.1) is 23.5 Å². The Morgan fingerprint density at radius 2 is 2.04 bits per heavy atom. The average molecular weight is 384 g/mol. The number of aromatic hydroxyl groups is 1. The third-order valence-electron chi connectivity index (χ3n) is 3.92. The van der Waals surface area contributed by atoms with E-state index in [1.54, 1.807) is 0 Å². The predicted octanol–water partition coefficient (Wildman–Crippen LogP) is 3.64. The van der Waals surface area contributed by atoms with Gasteiger partial charge in [0.15, 0.2) is 11.5 Å². The van der Waals surface area contributed by atoms with Crippen molar-refractivity contribution in [3.63, 3.8) is 0 Å². The lowest BCUT2D eigenvalue weighted by Crippen LogP contribution is -2.32. The highest BCUT2D eigenvalue weighted by Crippen LogP contribution is 2.42. The normalized spacial score (nSPS) is 20.0. The highest BCUT2D eigenvalue weighted by molar-refractivity contribution is 7.09. The van der Waals surface area contributed by atoms with Crippen LogP contribution in [-0.4, -0.2) is 31.3 Å². The maximum atomic E-state index is 12.6. The first kappa shape index (κ1) is 16.8. The fourth-order valence-electron chi connectivity index (χ4n) is 2.53. The summed E-state index contributed by atoms with van der Waals surface area (Å²) in [6.07, 6.45) is -0.580. The van der Waals surface area contributed by atoms with Gasteiger partial charge in [0.2, 0.25) is 5.88 Å². The number of nitrogens with zero attached hydrogens (tertiary/aromatic N) is 4. The molecule has 11 heteroatoms. The molecule has 1 aliphatic carbocycles. The Morgan fingerprint density at radius 3 is 2.62 bits per heavy atom. The molecule has 1 fully saturated rings. The summed E-state index contributed by atoms with van der Waals surface area (Å²) in [5, 5.41) is 14.0. The van der Waals surface area contributed by atoms with Crippen molar-refractivity contribution in [2.24, 2.45) is 0 Å². The lowest BCUT2D eigenvalue weighted by atomic mass is 9.83. The summed E-state index contributed by atoms with van der Waals surface area (Å²) in [4.78, 5) is 11.9. The molecule has 0 aromatic carbocycles. The summed E-state index contributed by atoms with van der Waals surface area (Å²) in [5.41, 5.74) is -0.458. The van der Waals surface area contributed by atoms with Crippen LogP contribution in [0, 0.1) is 0 Å². The number of alkyl halides is 3. The molecule has 0 unspecified atom stereocenters. The first-order chi connectivity index (χ1) is 12.4. The summed E-state index contributed by atoms with van der Waals surface area (Å²) < 4.78 is 48.3. The molecule has 26 heavy (non-hydrogen) atoms. The Balaban J connectivity index is 1.33. The van der Waals surface area contributed by atoms with Crippen molar-refractivity contribution in [1.29, 1.82) is 0 Å². The standard InChI is InChI=1S/C15H11F3N4O3S/c16-15(17,18)11-6-26-14(21-11)7-1-8(2-7)24-13-5-19-9(4-20-13)10-3-12(23)22-25-10/h3-8H,1-2H2,(H,22,23). The third kappa shape index (κ3) is 3.34. The summed E-state index contributed by atoms with van der Waals surface area (Å²) in [6, 6.07) is 1.31. The van der Waals surface area contributed by atoms with Crippen LogP contribution in [0.3, 0.4) is 0 Å². The van der Waals surface area contributed by atoms with E-state index in [-0.39, 0.29) is 23.7 Å². The molecule has 7 nitrogen and oxygen atoms in total. The van der Waals surface area contributed by atoms with Gasteiger partial charge >= 0.3 is 6.18 Å². The minimum absolute atomic E-state index is 0.0366. The van der Waals surface area contributed by atoms with E-state index < -0.39 is 11.9 Å². The van der Waals surface area contributed by atoms with Crippen LogP contribution in [0.2, 0.25) is 0 Å². The van der Waals surface area contributed by atoms with Gasteiger partial charge in [-0.2, -0.15) is 13.2 Å². The van der Waals surface area contributed by atoms with Crippen LogP contribution in [0.4, 0.5) is 13.2 Å². The largest absolute Gasteiger partial charge is 0.491 e. The molecule has 0 amide bonds. The second-order valence-electron chi connectivity index (χ2n) is 5.77. The number of halogens is 3. The van der Waals surface area contributed by atoms with Gasteiger partial charge in [0.25, 0.3) is 5.88 Å². The fourth-order valence-corrected chi connectivity index (χ4v) is 3.49. The van der Waals surface area contributed by atoms with Crippen molar-refractivity contribution in [1.82, 2.24) is 20.1 Å². The summed E-state index contributed by atoms with van der Waals surface area (Å²) in [5.74, 6) is 0.287. The third-order valence-corrected chi connectivity index (χ3v) is 4.93. The van der Waals surface area contributed by atoms with Gasteiger partial charge in [-0.3, -0.25) is 0 Å². The molecular weight excluding hydrogens is 373 g/mol. The molecule has 0 atom stereocenters. The van der Waals surface area contributed by atoms with Crippen molar-refractivity contribution in [3.05, 3.63) is 34.5 Å². The van der Waals surface area contributed by atoms with Crippen LogP contribution in [0.25, 0.3) is 11.5 Å². The maximum Gasteiger partial charge on any atom is 0.434 e. The van der Waals surface area contributed by atoms with E-state index in [0.29, 0.717) is 29.4 Å². The van der Waals surface area contributed by atoms with Crippen LogP contribution in [0.15, 0.2) is 28.4 Å². The monoisotopic (exact) mass is 384 g/mol. The average Bonchev–Trinajstić information content (AvgIpc) is 3.20. The molecule has 0 spiro atoms. The fraction of sp³-hybridized carbons (Fsp3) is 0.333. The van der Waals surface area contributed by atoms with Crippen molar-refractivity contribution in [2.45, 2.75) is 31.0 Å². The van der Waals surface area contributed by atoms with Gasteiger partial charge in [-0.15, -0.1) is 11.3 Å². The number of aromatic nitrogens is 4. The lowest BCUT2D eigenvalue weighted by molar-refractivity contribution is -0.140. The van der Waals surface area contributed by atoms with Gasteiger partial charge in [0, 0.05) is 11.3 Å². The Morgan fingerprint density at radius 1 is 1.23 bits per heavy atom. The minimum atomic E-state index is -4.41. The molecule has 0 aliphatic heterocycles. The van der Waals surface area contributed by atoms with E-state index in [9.17, 15) is 13.2 Å². The zero-order valence-electron chi connectivity index (χ0n) is 13.0. The zero-order chi connectivity index (χ0) is 18.3. The minimum Gasteiger partial charge on any atom is -0.491 e. The second-order valence-corrected chi connectivity index (χ2v) is 6.66. The molecule has 3 aromatic rings. The van der Waals surface area contributed by atoms with Crippen molar-refractivity contribution in [2.75, 3.05) is 0 Å². The number of ether oxygens (including phenoxy) is 1. The van der Waals surface area contributed by atoms with E-state index in [0.717, 1.165) is 16.7 Å². The van der Waals surface area contributed by atoms with Crippen molar-refractivity contribution < 1.29 is 27.5 Å². The van der Waals surface area contributed by atoms with Crippen molar-refractivity contribution in [3.8, 4) is 23.2 Å².